The summed E-state index contributed by atoms with van der Waals surface area (Å²) in [4.78, 5) is 11.9. The van der Waals surface area contributed by atoms with Crippen LogP contribution >= 0.6 is 0 Å². The largest absolute Gasteiger partial charge is 0.344 e. The molecule has 0 aliphatic carbocycles. The van der Waals surface area contributed by atoms with Crippen LogP contribution in [0.4, 0.5) is 17.1 Å². The molecule has 0 aromatic heterocycles. The van der Waals surface area contributed by atoms with E-state index in [1.54, 1.807) is 36.2 Å². The Hall–Kier alpha value is -3.38. The Morgan fingerprint density at radius 3 is 2.29 bits per heavy atom. The Kier molecular flexibility index (Phi) is 3.83. The summed E-state index contributed by atoms with van der Waals surface area (Å²) in [5, 5.41) is 28.7. The lowest BCUT2D eigenvalue weighted by Crippen LogP contribution is -2.11. The summed E-state index contributed by atoms with van der Waals surface area (Å²) >= 11 is 0. The van der Waals surface area contributed by atoms with Crippen molar-refractivity contribution in [3.05, 3.63) is 63.7 Å². The average Bonchev–Trinajstić information content (AvgIpc) is 2.53. The van der Waals surface area contributed by atoms with Gasteiger partial charge in [0.05, 0.1) is 27.8 Å². The predicted octanol–water partition coefficient (Wildman–Crippen LogP) is 3.11. The lowest BCUT2D eigenvalue weighted by Gasteiger charge is -2.20. The number of nitro groups is 1. The number of benzene rings is 2. The molecule has 0 unspecified atom stereocenters. The maximum atomic E-state index is 10.7. The summed E-state index contributed by atoms with van der Waals surface area (Å²) in [5.41, 5.74) is 1.98. The van der Waals surface area contributed by atoms with Crippen LogP contribution in [0.25, 0.3) is 0 Å². The molecule has 2 aromatic rings. The van der Waals surface area contributed by atoms with Crippen molar-refractivity contribution in [1.29, 1.82) is 10.5 Å². The topological polar surface area (TPSA) is 94.0 Å². The Bertz CT molecular complexity index is 770. The Labute approximate surface area is 121 Å². The molecule has 0 saturated carbocycles. The number of non-ortho nitro benzene ring substituents is 1. The van der Waals surface area contributed by atoms with Gasteiger partial charge >= 0.3 is 0 Å². The third kappa shape index (κ3) is 2.80. The monoisotopic (exact) mass is 278 g/mol. The zero-order valence-corrected chi connectivity index (χ0v) is 11.1. The lowest BCUT2D eigenvalue weighted by atomic mass is 10.1. The smallest absolute Gasteiger partial charge is 0.270 e. The molecule has 21 heavy (non-hydrogen) atoms. The highest BCUT2D eigenvalue weighted by Gasteiger charge is 2.14. The van der Waals surface area contributed by atoms with Crippen molar-refractivity contribution in [1.82, 2.24) is 0 Å². The molecule has 2 rings (SSSR count). The van der Waals surface area contributed by atoms with Gasteiger partial charge in [-0.05, 0) is 30.3 Å². The molecule has 0 N–H and O–H groups in total. The normalized spacial score (nSPS) is 9.48. The molecule has 0 atom stereocenters. The number of anilines is 2. The van der Waals surface area contributed by atoms with E-state index in [1.807, 2.05) is 12.1 Å². The molecule has 0 spiro atoms. The zero-order chi connectivity index (χ0) is 15.4. The van der Waals surface area contributed by atoms with Gasteiger partial charge < -0.3 is 4.90 Å². The Balaban J connectivity index is 2.43. The maximum Gasteiger partial charge on any atom is 0.270 e. The van der Waals surface area contributed by atoms with Gasteiger partial charge in [-0.25, -0.2) is 0 Å². The molecule has 0 aliphatic rings. The fraction of sp³-hybridized carbons (Fsp3) is 0.0667. The third-order valence-electron chi connectivity index (χ3n) is 3.06. The van der Waals surface area contributed by atoms with Gasteiger partial charge in [-0.15, -0.1) is 0 Å². The molecule has 6 heteroatoms. The fourth-order valence-electron chi connectivity index (χ4n) is 1.92. The van der Waals surface area contributed by atoms with E-state index in [0.29, 0.717) is 11.3 Å². The van der Waals surface area contributed by atoms with E-state index in [-0.39, 0.29) is 11.3 Å². The van der Waals surface area contributed by atoms with Gasteiger partial charge in [-0.3, -0.25) is 10.1 Å². The molecular weight excluding hydrogens is 268 g/mol. The molecule has 0 bridgehead atoms. The Morgan fingerprint density at radius 1 is 1.10 bits per heavy atom. The molecule has 0 saturated heterocycles. The van der Waals surface area contributed by atoms with Gasteiger partial charge in [-0.2, -0.15) is 10.5 Å². The van der Waals surface area contributed by atoms with E-state index in [0.717, 1.165) is 5.69 Å². The van der Waals surface area contributed by atoms with Crippen LogP contribution in [0.15, 0.2) is 42.5 Å². The van der Waals surface area contributed by atoms with Gasteiger partial charge in [0, 0.05) is 24.9 Å². The second kappa shape index (κ2) is 5.72. The van der Waals surface area contributed by atoms with Crippen molar-refractivity contribution in [3.8, 4) is 12.1 Å². The minimum atomic E-state index is -0.535. The fourth-order valence-corrected chi connectivity index (χ4v) is 1.92. The van der Waals surface area contributed by atoms with Crippen LogP contribution < -0.4 is 4.90 Å². The number of rotatable bonds is 3. The van der Waals surface area contributed by atoms with Gasteiger partial charge in [-0.1, -0.05) is 0 Å². The summed E-state index contributed by atoms with van der Waals surface area (Å²) in [6.45, 7) is 0. The molecule has 0 heterocycles. The molecule has 0 amide bonds. The number of hydrogen-bond donors (Lipinski definition) is 0. The van der Waals surface area contributed by atoms with Crippen LogP contribution in [-0.4, -0.2) is 12.0 Å². The predicted molar refractivity (Wildman–Crippen MR) is 77.0 cm³/mol. The van der Waals surface area contributed by atoms with Crippen LogP contribution in [0.5, 0.6) is 0 Å². The highest BCUT2D eigenvalue weighted by Crippen LogP contribution is 2.29. The first-order chi connectivity index (χ1) is 10.1. The van der Waals surface area contributed by atoms with Crippen molar-refractivity contribution in [2.24, 2.45) is 0 Å². The lowest BCUT2D eigenvalue weighted by molar-refractivity contribution is -0.384. The second-order valence-electron chi connectivity index (χ2n) is 4.29. The number of nitriles is 2. The van der Waals surface area contributed by atoms with Crippen LogP contribution in [0.3, 0.4) is 0 Å². The highest BCUT2D eigenvalue weighted by atomic mass is 16.6. The SMILES string of the molecule is CN(c1ccc(C#N)cc1)c1ccc([N+](=O)[O-])cc1C#N. The van der Waals surface area contributed by atoms with E-state index in [9.17, 15) is 10.1 Å². The molecule has 0 radical (unpaired) electrons. The van der Waals surface area contributed by atoms with E-state index < -0.39 is 4.92 Å². The van der Waals surface area contributed by atoms with Crippen LogP contribution in [-0.2, 0) is 0 Å². The average molecular weight is 278 g/mol. The minimum Gasteiger partial charge on any atom is -0.344 e. The van der Waals surface area contributed by atoms with Gasteiger partial charge in [0.15, 0.2) is 0 Å². The third-order valence-corrected chi connectivity index (χ3v) is 3.06. The van der Waals surface area contributed by atoms with E-state index in [1.165, 1.54) is 18.2 Å². The summed E-state index contributed by atoms with van der Waals surface area (Å²) in [6.07, 6.45) is 0. The molecular formula is C15H10N4O2. The molecule has 0 aliphatic heterocycles. The quantitative estimate of drug-likeness (QED) is 0.635. The first-order valence-electron chi connectivity index (χ1n) is 5.99. The first-order valence-corrected chi connectivity index (χ1v) is 5.99. The number of nitrogens with zero attached hydrogens (tertiary/aromatic N) is 4. The second-order valence-corrected chi connectivity index (χ2v) is 4.29. The van der Waals surface area contributed by atoms with E-state index in [4.69, 9.17) is 10.5 Å². The Morgan fingerprint density at radius 2 is 1.76 bits per heavy atom. The molecule has 102 valence electrons. The highest BCUT2D eigenvalue weighted by molar-refractivity contribution is 5.70. The molecule has 0 fully saturated rings. The van der Waals surface area contributed by atoms with Crippen LogP contribution in [0.1, 0.15) is 11.1 Å². The van der Waals surface area contributed by atoms with E-state index >= 15 is 0 Å². The van der Waals surface area contributed by atoms with Crippen molar-refractivity contribution in [3.63, 3.8) is 0 Å². The maximum absolute atomic E-state index is 10.7. The summed E-state index contributed by atoms with van der Waals surface area (Å²) < 4.78 is 0. The number of nitro benzene ring substituents is 1. The number of hydrogen-bond acceptors (Lipinski definition) is 5. The van der Waals surface area contributed by atoms with Crippen LogP contribution in [0.2, 0.25) is 0 Å². The van der Waals surface area contributed by atoms with Gasteiger partial charge in [0.1, 0.15) is 6.07 Å². The molecule has 6 nitrogen and oxygen atoms in total. The van der Waals surface area contributed by atoms with Crippen molar-refractivity contribution in [2.75, 3.05) is 11.9 Å². The van der Waals surface area contributed by atoms with Crippen molar-refractivity contribution < 1.29 is 4.92 Å². The summed E-state index contributed by atoms with van der Waals surface area (Å²) in [5.74, 6) is 0. The zero-order valence-electron chi connectivity index (χ0n) is 11.1. The summed E-state index contributed by atoms with van der Waals surface area (Å²) in [6, 6.07) is 15.0. The van der Waals surface area contributed by atoms with Gasteiger partial charge in [0.2, 0.25) is 0 Å². The van der Waals surface area contributed by atoms with Gasteiger partial charge in [0.25, 0.3) is 5.69 Å². The van der Waals surface area contributed by atoms with E-state index in [2.05, 4.69) is 0 Å². The summed E-state index contributed by atoms with van der Waals surface area (Å²) in [7, 11) is 1.75. The standard InChI is InChI=1S/C15H10N4O2/c1-18(13-4-2-11(9-16)3-5-13)15-7-6-14(19(20)21)8-12(15)10-17/h2-8H,1H3. The molecule has 2 aromatic carbocycles. The van der Waals surface area contributed by atoms with Crippen molar-refractivity contribution >= 4 is 17.1 Å². The van der Waals surface area contributed by atoms with Crippen molar-refractivity contribution in [2.45, 2.75) is 0 Å². The van der Waals surface area contributed by atoms with Crippen LogP contribution in [0, 0.1) is 32.8 Å². The minimum absolute atomic E-state index is 0.122. The first kappa shape index (κ1) is 14.0.